The van der Waals surface area contributed by atoms with Gasteiger partial charge in [-0.3, -0.25) is 9.71 Å². The van der Waals surface area contributed by atoms with E-state index in [1.807, 2.05) is 25.5 Å². The number of hydrogen-bond acceptors (Lipinski definition) is 3. The van der Waals surface area contributed by atoms with Crippen molar-refractivity contribution in [3.63, 3.8) is 0 Å². The molecule has 0 bridgehead atoms. The van der Waals surface area contributed by atoms with E-state index in [1.54, 1.807) is 6.20 Å². The van der Waals surface area contributed by atoms with Crippen LogP contribution in [0.15, 0.2) is 12.3 Å². The summed E-state index contributed by atoms with van der Waals surface area (Å²) in [5.74, 6) is -1.92. The van der Waals surface area contributed by atoms with Crippen molar-refractivity contribution in [1.29, 1.82) is 0 Å². The van der Waals surface area contributed by atoms with Gasteiger partial charge in [0.1, 0.15) is 0 Å². The molecule has 0 atom stereocenters. The number of rotatable bonds is 3. The highest BCUT2D eigenvalue weighted by atomic mass is 32.2. The Hall–Kier alpha value is -1.31. The molecule has 0 aliphatic carbocycles. The molecular formula is C12H17F3N2O2S. The molecule has 0 aliphatic rings. The molecule has 114 valence electrons. The van der Waals surface area contributed by atoms with E-state index in [-0.39, 0.29) is 11.1 Å². The van der Waals surface area contributed by atoms with Gasteiger partial charge in [0.2, 0.25) is 10.0 Å². The highest BCUT2D eigenvalue weighted by Crippen LogP contribution is 2.26. The highest BCUT2D eigenvalue weighted by molar-refractivity contribution is 7.92. The molecular weight excluding hydrogens is 293 g/mol. The van der Waals surface area contributed by atoms with Crippen LogP contribution in [0.5, 0.6) is 0 Å². The zero-order valence-corrected chi connectivity index (χ0v) is 12.5. The zero-order chi connectivity index (χ0) is 15.8. The van der Waals surface area contributed by atoms with E-state index in [0.29, 0.717) is 5.69 Å². The maximum atomic E-state index is 12.2. The van der Waals surface area contributed by atoms with Gasteiger partial charge in [-0.05, 0) is 24.0 Å². The first-order valence-electron chi connectivity index (χ1n) is 5.84. The number of anilines is 1. The SMILES string of the molecule is Cc1ncc(C(C)(C)C)cc1NS(=O)(=O)CC(F)(F)F. The van der Waals surface area contributed by atoms with E-state index < -0.39 is 22.0 Å². The summed E-state index contributed by atoms with van der Waals surface area (Å²) in [5.41, 5.74) is 0.837. The quantitative estimate of drug-likeness (QED) is 0.933. The average Bonchev–Trinajstić information content (AvgIpc) is 2.15. The Labute approximate surface area is 116 Å². The Morgan fingerprint density at radius 3 is 2.25 bits per heavy atom. The smallest absolute Gasteiger partial charge is 0.281 e. The van der Waals surface area contributed by atoms with E-state index >= 15 is 0 Å². The van der Waals surface area contributed by atoms with Crippen LogP contribution in [0.1, 0.15) is 32.0 Å². The van der Waals surface area contributed by atoms with Gasteiger partial charge in [0.25, 0.3) is 0 Å². The molecule has 0 saturated carbocycles. The van der Waals surface area contributed by atoms with Crippen LogP contribution in [0, 0.1) is 6.92 Å². The van der Waals surface area contributed by atoms with E-state index in [1.165, 1.54) is 13.0 Å². The lowest BCUT2D eigenvalue weighted by atomic mass is 9.88. The Balaban J connectivity index is 3.09. The number of pyridine rings is 1. The second kappa shape index (κ2) is 5.23. The highest BCUT2D eigenvalue weighted by Gasteiger charge is 2.35. The molecule has 0 aliphatic heterocycles. The molecule has 0 unspecified atom stereocenters. The van der Waals surface area contributed by atoms with E-state index in [0.717, 1.165) is 5.56 Å². The van der Waals surface area contributed by atoms with Crippen LogP contribution in [-0.4, -0.2) is 25.3 Å². The van der Waals surface area contributed by atoms with Gasteiger partial charge in [-0.2, -0.15) is 13.2 Å². The molecule has 0 fully saturated rings. The first-order valence-corrected chi connectivity index (χ1v) is 7.50. The zero-order valence-electron chi connectivity index (χ0n) is 11.7. The minimum absolute atomic E-state index is 0.0710. The maximum absolute atomic E-state index is 12.2. The van der Waals surface area contributed by atoms with Crippen LogP contribution in [0.3, 0.4) is 0 Å². The summed E-state index contributed by atoms with van der Waals surface area (Å²) < 4.78 is 61.4. The van der Waals surface area contributed by atoms with Crippen molar-refractivity contribution in [2.24, 2.45) is 0 Å². The van der Waals surface area contributed by atoms with Crippen LogP contribution in [0.25, 0.3) is 0 Å². The van der Waals surface area contributed by atoms with Gasteiger partial charge in [0, 0.05) is 6.20 Å². The average molecular weight is 310 g/mol. The largest absolute Gasteiger partial charge is 0.404 e. The molecule has 1 heterocycles. The third-order valence-electron chi connectivity index (χ3n) is 2.57. The number of aryl methyl sites for hydroxylation is 1. The number of halogens is 3. The Morgan fingerprint density at radius 1 is 1.25 bits per heavy atom. The van der Waals surface area contributed by atoms with E-state index in [2.05, 4.69) is 4.98 Å². The number of nitrogens with zero attached hydrogens (tertiary/aromatic N) is 1. The van der Waals surface area contributed by atoms with Crippen LogP contribution in [0.2, 0.25) is 0 Å². The summed E-state index contributed by atoms with van der Waals surface area (Å²) >= 11 is 0. The monoisotopic (exact) mass is 310 g/mol. The lowest BCUT2D eigenvalue weighted by molar-refractivity contribution is -0.106. The second-order valence-corrected chi connectivity index (χ2v) is 7.31. The van der Waals surface area contributed by atoms with Crippen LogP contribution in [0.4, 0.5) is 18.9 Å². The number of hydrogen-bond donors (Lipinski definition) is 1. The van der Waals surface area contributed by atoms with Gasteiger partial charge in [-0.1, -0.05) is 20.8 Å². The third kappa shape index (κ3) is 4.99. The molecule has 0 aromatic carbocycles. The van der Waals surface area contributed by atoms with Gasteiger partial charge in [0.15, 0.2) is 5.75 Å². The fourth-order valence-electron chi connectivity index (χ4n) is 1.47. The van der Waals surface area contributed by atoms with E-state index in [4.69, 9.17) is 0 Å². The first kappa shape index (κ1) is 16.7. The standard InChI is InChI=1S/C12H17F3N2O2S/c1-8-10(5-9(6-16-8)11(2,3)4)17-20(18,19)7-12(13,14)15/h5-6,17H,7H2,1-4H3. The van der Waals surface area contributed by atoms with Gasteiger partial charge in [-0.25, -0.2) is 8.42 Å². The Kier molecular flexibility index (Phi) is 4.38. The lowest BCUT2D eigenvalue weighted by Crippen LogP contribution is -2.28. The third-order valence-corrected chi connectivity index (χ3v) is 3.81. The number of nitrogens with one attached hydrogen (secondary N) is 1. The Bertz CT molecular complexity index is 590. The summed E-state index contributed by atoms with van der Waals surface area (Å²) in [7, 11) is -4.49. The minimum atomic E-state index is -4.78. The molecule has 8 heteroatoms. The van der Waals surface area contributed by atoms with Gasteiger partial charge in [-0.15, -0.1) is 0 Å². The first-order chi connectivity index (χ1) is 8.80. The fourth-order valence-corrected chi connectivity index (χ4v) is 2.51. The van der Waals surface area contributed by atoms with E-state index in [9.17, 15) is 21.6 Å². The molecule has 0 saturated heterocycles. The number of alkyl halides is 3. The van der Waals surface area contributed by atoms with Crippen molar-refractivity contribution in [2.45, 2.75) is 39.3 Å². The number of sulfonamides is 1. The normalized spacial score (nSPS) is 13.3. The second-order valence-electron chi connectivity index (χ2n) is 5.58. The van der Waals surface area contributed by atoms with Crippen molar-refractivity contribution in [1.82, 2.24) is 4.98 Å². The van der Waals surface area contributed by atoms with Crippen molar-refractivity contribution in [3.8, 4) is 0 Å². The Morgan fingerprint density at radius 2 is 1.80 bits per heavy atom. The molecule has 0 radical (unpaired) electrons. The molecule has 0 amide bonds. The van der Waals surface area contributed by atoms with Crippen LogP contribution < -0.4 is 4.72 Å². The van der Waals surface area contributed by atoms with Crippen LogP contribution in [-0.2, 0) is 15.4 Å². The summed E-state index contributed by atoms with van der Waals surface area (Å²) in [5, 5.41) is 0. The molecule has 1 aromatic heterocycles. The van der Waals surface area contributed by atoms with Crippen molar-refractivity contribution in [2.75, 3.05) is 10.5 Å². The summed E-state index contributed by atoms with van der Waals surface area (Å²) in [6.07, 6.45) is -3.20. The molecule has 0 spiro atoms. The fraction of sp³-hybridized carbons (Fsp3) is 0.583. The summed E-state index contributed by atoms with van der Waals surface area (Å²) in [6.45, 7) is 7.21. The van der Waals surface area contributed by atoms with Crippen molar-refractivity contribution in [3.05, 3.63) is 23.5 Å². The van der Waals surface area contributed by atoms with Gasteiger partial charge < -0.3 is 0 Å². The summed E-state index contributed by atoms with van der Waals surface area (Å²) in [4.78, 5) is 4.02. The molecule has 20 heavy (non-hydrogen) atoms. The molecule has 4 nitrogen and oxygen atoms in total. The molecule has 1 aromatic rings. The van der Waals surface area contributed by atoms with Crippen molar-refractivity contribution < 1.29 is 21.6 Å². The van der Waals surface area contributed by atoms with Crippen LogP contribution >= 0.6 is 0 Å². The minimum Gasteiger partial charge on any atom is -0.281 e. The topological polar surface area (TPSA) is 59.1 Å². The summed E-state index contributed by atoms with van der Waals surface area (Å²) in [6, 6.07) is 1.51. The van der Waals surface area contributed by atoms with Crippen molar-refractivity contribution >= 4 is 15.7 Å². The molecule has 1 rings (SSSR count). The predicted octanol–water partition coefficient (Wildman–Crippen LogP) is 2.99. The number of aromatic nitrogens is 1. The maximum Gasteiger partial charge on any atom is 0.404 e. The van der Waals surface area contributed by atoms with Gasteiger partial charge >= 0.3 is 6.18 Å². The predicted molar refractivity (Wildman–Crippen MR) is 71.1 cm³/mol. The molecule has 1 N–H and O–H groups in total. The van der Waals surface area contributed by atoms with Gasteiger partial charge in [0.05, 0.1) is 11.4 Å². The lowest BCUT2D eigenvalue weighted by Gasteiger charge is -2.20.